The smallest absolute Gasteiger partial charge is 0.411 e. The Bertz CT molecular complexity index is 1010. The molecule has 28 heavy (non-hydrogen) atoms. The van der Waals surface area contributed by atoms with Crippen molar-refractivity contribution in [1.82, 2.24) is 0 Å². The molecule has 0 radical (unpaired) electrons. The number of hydrogen-bond donors (Lipinski definition) is 1. The first-order valence-corrected chi connectivity index (χ1v) is 8.69. The molecule has 1 N–H and O–H groups in total. The van der Waals surface area contributed by atoms with Crippen molar-refractivity contribution in [3.05, 3.63) is 95.6 Å². The highest BCUT2D eigenvalue weighted by Crippen LogP contribution is 2.29. The second-order valence-electron chi connectivity index (χ2n) is 6.22. The quantitative estimate of drug-likeness (QED) is 0.695. The number of rotatable bonds is 4. The van der Waals surface area contributed by atoms with E-state index in [0.717, 1.165) is 10.5 Å². The van der Waals surface area contributed by atoms with Crippen molar-refractivity contribution in [3.8, 4) is 0 Å². The van der Waals surface area contributed by atoms with Gasteiger partial charge in [-0.3, -0.25) is 14.9 Å². The van der Waals surface area contributed by atoms with Crippen molar-refractivity contribution < 1.29 is 19.1 Å². The molecule has 3 amide bonds. The van der Waals surface area contributed by atoms with E-state index in [1.807, 2.05) is 30.3 Å². The number of carbonyl (C=O) groups is 3. The number of ether oxygens (including phenoxy) is 1. The summed E-state index contributed by atoms with van der Waals surface area (Å²) >= 11 is 0. The molecule has 0 aromatic heterocycles. The third-order valence-corrected chi connectivity index (χ3v) is 4.38. The summed E-state index contributed by atoms with van der Waals surface area (Å²) in [6, 6.07) is 22.5. The Morgan fingerprint density at radius 3 is 1.96 bits per heavy atom. The fourth-order valence-corrected chi connectivity index (χ4v) is 2.99. The van der Waals surface area contributed by atoms with Gasteiger partial charge in [0.05, 0.1) is 16.8 Å². The van der Waals surface area contributed by atoms with Gasteiger partial charge < -0.3 is 4.74 Å². The van der Waals surface area contributed by atoms with Crippen LogP contribution in [0.5, 0.6) is 0 Å². The van der Waals surface area contributed by atoms with Crippen LogP contribution in [-0.2, 0) is 11.3 Å². The van der Waals surface area contributed by atoms with Crippen molar-refractivity contribution >= 4 is 29.3 Å². The molecular formula is C22H16N2O4. The molecule has 1 heterocycles. The van der Waals surface area contributed by atoms with E-state index in [4.69, 9.17) is 4.74 Å². The van der Waals surface area contributed by atoms with Crippen LogP contribution in [0.3, 0.4) is 0 Å². The highest BCUT2D eigenvalue weighted by Gasteiger charge is 2.36. The van der Waals surface area contributed by atoms with Gasteiger partial charge in [0.1, 0.15) is 6.61 Å². The first-order chi connectivity index (χ1) is 13.6. The van der Waals surface area contributed by atoms with Gasteiger partial charge in [-0.05, 0) is 42.0 Å². The number of nitrogens with one attached hydrogen (secondary N) is 1. The van der Waals surface area contributed by atoms with E-state index < -0.39 is 6.09 Å². The van der Waals surface area contributed by atoms with E-state index >= 15 is 0 Å². The summed E-state index contributed by atoms with van der Waals surface area (Å²) < 4.78 is 5.17. The zero-order valence-corrected chi connectivity index (χ0v) is 14.8. The monoisotopic (exact) mass is 372 g/mol. The lowest BCUT2D eigenvalue weighted by Crippen LogP contribution is -2.29. The lowest BCUT2D eigenvalue weighted by Gasteiger charge is -2.14. The zero-order valence-electron chi connectivity index (χ0n) is 14.8. The van der Waals surface area contributed by atoms with E-state index in [1.165, 1.54) is 0 Å². The third-order valence-electron chi connectivity index (χ3n) is 4.38. The molecule has 0 saturated heterocycles. The van der Waals surface area contributed by atoms with Crippen LogP contribution in [-0.4, -0.2) is 17.9 Å². The van der Waals surface area contributed by atoms with Crippen molar-refractivity contribution in [2.24, 2.45) is 0 Å². The van der Waals surface area contributed by atoms with Gasteiger partial charge in [0, 0.05) is 5.69 Å². The van der Waals surface area contributed by atoms with Crippen molar-refractivity contribution in [2.75, 3.05) is 10.2 Å². The zero-order chi connectivity index (χ0) is 19.5. The van der Waals surface area contributed by atoms with Crippen LogP contribution in [0.2, 0.25) is 0 Å². The standard InChI is InChI=1S/C22H16N2O4/c25-20-18-8-4-5-9-19(18)21(26)24(20)17-12-10-16(11-13-17)23-22(27)28-14-15-6-2-1-3-7-15/h1-13H,14H2,(H,23,27). The molecule has 6 heteroatoms. The summed E-state index contributed by atoms with van der Waals surface area (Å²) in [4.78, 5) is 38.1. The fraction of sp³-hybridized carbons (Fsp3) is 0.0455. The molecule has 0 atom stereocenters. The predicted octanol–water partition coefficient (Wildman–Crippen LogP) is 4.24. The maximum atomic E-state index is 12.5. The normalized spacial score (nSPS) is 12.6. The van der Waals surface area contributed by atoms with Gasteiger partial charge in [-0.1, -0.05) is 42.5 Å². The van der Waals surface area contributed by atoms with Crippen LogP contribution < -0.4 is 10.2 Å². The lowest BCUT2D eigenvalue weighted by atomic mass is 10.1. The molecule has 0 unspecified atom stereocenters. The SMILES string of the molecule is O=C(Nc1ccc(N2C(=O)c3ccccc3C2=O)cc1)OCc1ccccc1. The van der Waals surface area contributed by atoms with Gasteiger partial charge in [-0.15, -0.1) is 0 Å². The topological polar surface area (TPSA) is 75.7 Å². The van der Waals surface area contributed by atoms with Crippen molar-refractivity contribution in [1.29, 1.82) is 0 Å². The average molecular weight is 372 g/mol. The Hall–Kier alpha value is -3.93. The Kier molecular flexibility index (Phi) is 4.60. The van der Waals surface area contributed by atoms with E-state index in [-0.39, 0.29) is 18.4 Å². The summed E-state index contributed by atoms with van der Waals surface area (Å²) in [6.07, 6.45) is -0.586. The molecule has 3 aromatic carbocycles. The van der Waals surface area contributed by atoms with Crippen LogP contribution in [0.4, 0.5) is 16.2 Å². The molecule has 1 aliphatic heterocycles. The number of anilines is 2. The highest BCUT2D eigenvalue weighted by atomic mass is 16.5. The summed E-state index contributed by atoms with van der Waals surface area (Å²) in [5, 5.41) is 2.62. The van der Waals surface area contributed by atoms with Crippen LogP contribution in [0.25, 0.3) is 0 Å². The van der Waals surface area contributed by atoms with Crippen LogP contribution in [0, 0.1) is 0 Å². The maximum Gasteiger partial charge on any atom is 0.411 e. The van der Waals surface area contributed by atoms with E-state index in [1.54, 1.807) is 48.5 Å². The number of hydrogen-bond acceptors (Lipinski definition) is 4. The number of nitrogens with zero attached hydrogens (tertiary/aromatic N) is 1. The summed E-state index contributed by atoms with van der Waals surface area (Å²) in [5.41, 5.74) is 2.60. The number of carbonyl (C=O) groups excluding carboxylic acids is 3. The molecule has 0 spiro atoms. The summed E-state index contributed by atoms with van der Waals surface area (Å²) in [7, 11) is 0. The molecule has 138 valence electrons. The predicted molar refractivity (Wildman–Crippen MR) is 104 cm³/mol. The minimum atomic E-state index is -0.586. The largest absolute Gasteiger partial charge is 0.444 e. The maximum absolute atomic E-state index is 12.5. The van der Waals surface area contributed by atoms with E-state index in [2.05, 4.69) is 5.32 Å². The van der Waals surface area contributed by atoms with Crippen LogP contribution >= 0.6 is 0 Å². The van der Waals surface area contributed by atoms with Gasteiger partial charge in [0.15, 0.2) is 0 Å². The third kappa shape index (κ3) is 3.35. The Balaban J connectivity index is 1.41. The first-order valence-electron chi connectivity index (χ1n) is 8.69. The molecule has 0 bridgehead atoms. The first kappa shape index (κ1) is 17.5. The van der Waals surface area contributed by atoms with Gasteiger partial charge in [-0.2, -0.15) is 0 Å². The second kappa shape index (κ2) is 7.36. The number of imide groups is 1. The molecule has 3 aromatic rings. The fourth-order valence-electron chi connectivity index (χ4n) is 2.99. The second-order valence-corrected chi connectivity index (χ2v) is 6.22. The van der Waals surface area contributed by atoms with Gasteiger partial charge in [-0.25, -0.2) is 9.69 Å². The van der Waals surface area contributed by atoms with Gasteiger partial charge >= 0.3 is 6.09 Å². The van der Waals surface area contributed by atoms with Crippen LogP contribution in [0.1, 0.15) is 26.3 Å². The average Bonchev–Trinajstić information content (AvgIpc) is 2.99. The summed E-state index contributed by atoms with van der Waals surface area (Å²) in [6.45, 7) is 0.166. The summed E-state index contributed by atoms with van der Waals surface area (Å²) in [5.74, 6) is -0.716. The molecular weight excluding hydrogens is 356 g/mol. The molecule has 0 saturated carbocycles. The van der Waals surface area contributed by atoms with E-state index in [9.17, 15) is 14.4 Å². The highest BCUT2D eigenvalue weighted by molar-refractivity contribution is 6.34. The van der Waals surface area contributed by atoms with E-state index in [0.29, 0.717) is 22.5 Å². The van der Waals surface area contributed by atoms with Crippen molar-refractivity contribution in [2.45, 2.75) is 6.61 Å². The number of benzene rings is 3. The number of fused-ring (bicyclic) bond motifs is 1. The van der Waals surface area contributed by atoms with Crippen LogP contribution in [0.15, 0.2) is 78.9 Å². The Morgan fingerprint density at radius 1 is 0.786 bits per heavy atom. The van der Waals surface area contributed by atoms with Gasteiger partial charge in [0.2, 0.25) is 0 Å². The molecule has 0 fully saturated rings. The Morgan fingerprint density at radius 2 is 1.36 bits per heavy atom. The van der Waals surface area contributed by atoms with Gasteiger partial charge in [0.25, 0.3) is 11.8 Å². The minimum Gasteiger partial charge on any atom is -0.444 e. The molecule has 4 rings (SSSR count). The Labute approximate surface area is 161 Å². The molecule has 6 nitrogen and oxygen atoms in total. The van der Waals surface area contributed by atoms with Crippen molar-refractivity contribution in [3.63, 3.8) is 0 Å². The molecule has 0 aliphatic carbocycles. The number of amides is 3. The molecule has 1 aliphatic rings. The minimum absolute atomic E-state index is 0.166. The lowest BCUT2D eigenvalue weighted by molar-refractivity contribution is 0.0926.